The van der Waals surface area contributed by atoms with E-state index in [4.69, 9.17) is 4.74 Å². The van der Waals surface area contributed by atoms with Crippen molar-refractivity contribution < 1.29 is 4.74 Å². The van der Waals surface area contributed by atoms with E-state index in [0.29, 0.717) is 12.0 Å². The fourth-order valence-corrected chi connectivity index (χ4v) is 2.66. The summed E-state index contributed by atoms with van der Waals surface area (Å²) in [7, 11) is 0. The highest BCUT2D eigenvalue weighted by Gasteiger charge is 2.28. The molecule has 0 spiro atoms. The van der Waals surface area contributed by atoms with Crippen LogP contribution in [0.2, 0.25) is 0 Å². The summed E-state index contributed by atoms with van der Waals surface area (Å²) < 4.78 is 6.67. The SMILES string of the molecule is CCNc1ncc(Br)c(N2CC(C)OCC2CC)n1. The van der Waals surface area contributed by atoms with Crippen LogP contribution in [0.1, 0.15) is 27.2 Å². The second-order valence-electron chi connectivity index (χ2n) is 4.75. The Labute approximate surface area is 122 Å². The summed E-state index contributed by atoms with van der Waals surface area (Å²) in [5.74, 6) is 1.63. The first-order valence-corrected chi connectivity index (χ1v) is 7.59. The minimum Gasteiger partial charge on any atom is -0.375 e. The Balaban J connectivity index is 2.29. The molecule has 0 radical (unpaired) electrons. The topological polar surface area (TPSA) is 50.3 Å². The van der Waals surface area contributed by atoms with Crippen LogP contribution in [0.15, 0.2) is 10.7 Å². The molecule has 0 amide bonds. The van der Waals surface area contributed by atoms with Gasteiger partial charge in [-0.25, -0.2) is 4.98 Å². The highest BCUT2D eigenvalue weighted by atomic mass is 79.9. The van der Waals surface area contributed by atoms with Gasteiger partial charge in [-0.15, -0.1) is 0 Å². The number of hydrogen-bond acceptors (Lipinski definition) is 5. The summed E-state index contributed by atoms with van der Waals surface area (Å²) in [6.45, 7) is 8.75. The van der Waals surface area contributed by atoms with Gasteiger partial charge in [0.2, 0.25) is 5.95 Å². The maximum Gasteiger partial charge on any atom is 0.224 e. The van der Waals surface area contributed by atoms with E-state index in [2.05, 4.69) is 50.0 Å². The molecular weight excluding hydrogens is 308 g/mol. The van der Waals surface area contributed by atoms with Crippen LogP contribution in [0.5, 0.6) is 0 Å². The van der Waals surface area contributed by atoms with Crippen LogP contribution in [-0.4, -0.2) is 41.8 Å². The quantitative estimate of drug-likeness (QED) is 0.920. The predicted octanol–water partition coefficient (Wildman–Crippen LogP) is 2.67. The molecule has 0 saturated carbocycles. The molecule has 0 aromatic carbocycles. The van der Waals surface area contributed by atoms with Crippen LogP contribution in [-0.2, 0) is 4.74 Å². The third kappa shape index (κ3) is 3.36. The molecule has 1 saturated heterocycles. The molecule has 5 nitrogen and oxygen atoms in total. The number of hydrogen-bond donors (Lipinski definition) is 1. The van der Waals surface area contributed by atoms with E-state index in [1.807, 2.05) is 13.1 Å². The Morgan fingerprint density at radius 1 is 1.53 bits per heavy atom. The molecule has 1 N–H and O–H groups in total. The molecule has 2 unspecified atom stereocenters. The highest BCUT2D eigenvalue weighted by Crippen LogP contribution is 2.29. The molecule has 106 valence electrons. The van der Waals surface area contributed by atoms with E-state index in [1.54, 1.807) is 0 Å². The monoisotopic (exact) mass is 328 g/mol. The Hall–Kier alpha value is -0.880. The largest absolute Gasteiger partial charge is 0.375 e. The molecule has 1 aromatic heterocycles. The Bertz CT molecular complexity index is 429. The maximum absolute atomic E-state index is 5.73. The predicted molar refractivity (Wildman–Crippen MR) is 80.7 cm³/mol. The van der Waals surface area contributed by atoms with Gasteiger partial charge in [0.05, 0.1) is 23.2 Å². The number of anilines is 2. The molecule has 1 fully saturated rings. The van der Waals surface area contributed by atoms with E-state index in [1.165, 1.54) is 0 Å². The summed E-state index contributed by atoms with van der Waals surface area (Å²) >= 11 is 3.56. The van der Waals surface area contributed by atoms with Crippen LogP contribution < -0.4 is 10.2 Å². The van der Waals surface area contributed by atoms with Crippen molar-refractivity contribution in [2.45, 2.75) is 39.3 Å². The fourth-order valence-electron chi connectivity index (χ4n) is 2.24. The second-order valence-corrected chi connectivity index (χ2v) is 5.61. The molecule has 0 bridgehead atoms. The van der Waals surface area contributed by atoms with Crippen LogP contribution >= 0.6 is 15.9 Å². The number of rotatable bonds is 4. The minimum atomic E-state index is 0.229. The van der Waals surface area contributed by atoms with Crippen molar-refractivity contribution in [3.05, 3.63) is 10.7 Å². The number of halogens is 1. The zero-order chi connectivity index (χ0) is 13.8. The van der Waals surface area contributed by atoms with Gasteiger partial charge in [0.1, 0.15) is 5.82 Å². The zero-order valence-electron chi connectivity index (χ0n) is 11.7. The molecule has 0 aliphatic carbocycles. The molecule has 2 atom stereocenters. The molecule has 1 aromatic rings. The van der Waals surface area contributed by atoms with Gasteiger partial charge in [-0.3, -0.25) is 0 Å². The average Bonchev–Trinajstić information content (AvgIpc) is 2.41. The number of ether oxygens (including phenoxy) is 1. The fraction of sp³-hybridized carbons (Fsp3) is 0.692. The van der Waals surface area contributed by atoms with Crippen molar-refractivity contribution in [1.82, 2.24) is 9.97 Å². The smallest absolute Gasteiger partial charge is 0.224 e. The third-order valence-corrected chi connectivity index (χ3v) is 3.83. The number of nitrogens with zero attached hydrogens (tertiary/aromatic N) is 3. The average molecular weight is 329 g/mol. The first kappa shape index (κ1) is 14.5. The minimum absolute atomic E-state index is 0.229. The van der Waals surface area contributed by atoms with Gasteiger partial charge >= 0.3 is 0 Å². The molecule has 6 heteroatoms. The van der Waals surface area contributed by atoms with Gasteiger partial charge in [-0.05, 0) is 36.2 Å². The number of nitrogens with one attached hydrogen (secondary N) is 1. The van der Waals surface area contributed by atoms with Crippen molar-refractivity contribution >= 4 is 27.7 Å². The van der Waals surface area contributed by atoms with Crippen molar-refractivity contribution in [2.24, 2.45) is 0 Å². The molecular formula is C13H21BrN4O. The summed E-state index contributed by atoms with van der Waals surface area (Å²) in [5.41, 5.74) is 0. The van der Waals surface area contributed by atoms with Crippen molar-refractivity contribution in [2.75, 3.05) is 29.9 Å². The Kier molecular flexibility index (Phi) is 4.99. The van der Waals surface area contributed by atoms with Crippen molar-refractivity contribution in [3.63, 3.8) is 0 Å². The van der Waals surface area contributed by atoms with Crippen LogP contribution in [0, 0.1) is 0 Å². The molecule has 2 heterocycles. The van der Waals surface area contributed by atoms with Crippen molar-refractivity contribution in [1.29, 1.82) is 0 Å². The highest BCUT2D eigenvalue weighted by molar-refractivity contribution is 9.10. The maximum atomic E-state index is 5.73. The van der Waals surface area contributed by atoms with E-state index >= 15 is 0 Å². The lowest BCUT2D eigenvalue weighted by atomic mass is 10.1. The normalized spacial score (nSPS) is 23.5. The molecule has 19 heavy (non-hydrogen) atoms. The van der Waals surface area contributed by atoms with Gasteiger partial charge in [0, 0.05) is 19.3 Å². The first-order chi connectivity index (χ1) is 9.15. The van der Waals surface area contributed by atoms with Crippen LogP contribution in [0.3, 0.4) is 0 Å². The Morgan fingerprint density at radius 2 is 2.32 bits per heavy atom. The molecule has 1 aliphatic heterocycles. The van der Waals surface area contributed by atoms with Gasteiger partial charge in [0.25, 0.3) is 0 Å². The lowest BCUT2D eigenvalue weighted by Crippen LogP contribution is -2.49. The second kappa shape index (κ2) is 6.52. The zero-order valence-corrected chi connectivity index (χ0v) is 13.3. The third-order valence-electron chi connectivity index (χ3n) is 3.27. The first-order valence-electron chi connectivity index (χ1n) is 6.80. The lowest BCUT2D eigenvalue weighted by molar-refractivity contribution is 0.0295. The lowest BCUT2D eigenvalue weighted by Gasteiger charge is -2.39. The van der Waals surface area contributed by atoms with Gasteiger partial charge in [0.15, 0.2) is 0 Å². The van der Waals surface area contributed by atoms with Crippen molar-refractivity contribution in [3.8, 4) is 0 Å². The summed E-state index contributed by atoms with van der Waals surface area (Å²) in [6, 6.07) is 0.372. The molecule has 2 rings (SSSR count). The number of aromatic nitrogens is 2. The molecule has 1 aliphatic rings. The van der Waals surface area contributed by atoms with Gasteiger partial charge < -0.3 is 15.0 Å². The van der Waals surface area contributed by atoms with E-state index in [9.17, 15) is 0 Å². The van der Waals surface area contributed by atoms with E-state index in [-0.39, 0.29) is 6.10 Å². The van der Waals surface area contributed by atoms with Gasteiger partial charge in [-0.1, -0.05) is 6.92 Å². The summed E-state index contributed by atoms with van der Waals surface area (Å²) in [6.07, 6.45) is 3.08. The van der Waals surface area contributed by atoms with Crippen LogP contribution in [0.4, 0.5) is 11.8 Å². The van der Waals surface area contributed by atoms with Crippen LogP contribution in [0.25, 0.3) is 0 Å². The van der Waals surface area contributed by atoms with Gasteiger partial charge in [-0.2, -0.15) is 4.98 Å². The Morgan fingerprint density at radius 3 is 3.00 bits per heavy atom. The number of morpholine rings is 1. The van der Waals surface area contributed by atoms with E-state index in [0.717, 1.165) is 36.4 Å². The van der Waals surface area contributed by atoms with E-state index < -0.39 is 0 Å². The summed E-state index contributed by atoms with van der Waals surface area (Å²) in [5, 5.41) is 3.16. The summed E-state index contributed by atoms with van der Waals surface area (Å²) in [4.78, 5) is 11.2. The standard InChI is InChI=1S/C13H21BrN4O/c1-4-10-8-19-9(3)7-18(10)12-11(14)6-16-13(17-12)15-5-2/h6,9-10H,4-5,7-8H2,1-3H3,(H,15,16,17).